The molecule has 0 saturated carbocycles. The van der Waals surface area contributed by atoms with Crippen LogP contribution in [0.15, 0.2) is 48.7 Å². The van der Waals surface area contributed by atoms with E-state index in [0.717, 1.165) is 31.5 Å². The van der Waals surface area contributed by atoms with Gasteiger partial charge in [-0.15, -0.1) is 0 Å². The Kier molecular flexibility index (Phi) is 9.02. The molecule has 6 nitrogen and oxygen atoms in total. The molecule has 1 atom stereocenters. The van der Waals surface area contributed by atoms with E-state index in [9.17, 15) is 14.3 Å². The molecule has 1 saturated heterocycles. The van der Waals surface area contributed by atoms with Crippen molar-refractivity contribution in [1.29, 1.82) is 0 Å². The van der Waals surface area contributed by atoms with Crippen LogP contribution in [-0.2, 0) is 16.0 Å². The average Bonchev–Trinajstić information content (AvgIpc) is 2.89. The number of rotatable bonds is 9. The summed E-state index contributed by atoms with van der Waals surface area (Å²) in [6.07, 6.45) is 2.81. The van der Waals surface area contributed by atoms with E-state index < -0.39 is 23.5 Å². The number of carboxylic acids is 1. The molecule has 8 heteroatoms. The van der Waals surface area contributed by atoms with Gasteiger partial charge in [-0.25, -0.2) is 13.6 Å². The SMILES string of the molecule is Cc1ncc(-c2ccc(OCCc3ccc(F)cc3)c(F)c2)c(N2CCC(C)(C)CC2)c1C(OC(C)(C)C)C(=O)O. The van der Waals surface area contributed by atoms with Gasteiger partial charge in [-0.1, -0.05) is 32.0 Å². The monoisotopic (exact) mass is 566 g/mol. The summed E-state index contributed by atoms with van der Waals surface area (Å²) in [5.41, 5.74) is 3.33. The maximum Gasteiger partial charge on any atom is 0.337 e. The molecule has 0 radical (unpaired) electrons. The molecule has 2 heterocycles. The lowest BCUT2D eigenvalue weighted by atomic mass is 9.82. The molecule has 1 N–H and O–H groups in total. The molecule has 220 valence electrons. The van der Waals surface area contributed by atoms with Crippen LogP contribution in [-0.4, -0.2) is 41.4 Å². The Bertz CT molecular complexity index is 1370. The zero-order valence-electron chi connectivity index (χ0n) is 24.8. The van der Waals surface area contributed by atoms with Gasteiger partial charge in [0.1, 0.15) is 5.82 Å². The summed E-state index contributed by atoms with van der Waals surface area (Å²) in [7, 11) is 0. The van der Waals surface area contributed by atoms with Crippen molar-refractivity contribution in [2.24, 2.45) is 5.41 Å². The van der Waals surface area contributed by atoms with Gasteiger partial charge in [0, 0.05) is 42.5 Å². The minimum atomic E-state index is -1.24. The third-order valence-corrected chi connectivity index (χ3v) is 7.48. The second-order valence-corrected chi connectivity index (χ2v) is 12.5. The number of piperidine rings is 1. The van der Waals surface area contributed by atoms with Crippen molar-refractivity contribution in [3.63, 3.8) is 0 Å². The van der Waals surface area contributed by atoms with Gasteiger partial charge < -0.3 is 19.5 Å². The lowest BCUT2D eigenvalue weighted by Gasteiger charge is -2.41. The highest BCUT2D eigenvalue weighted by molar-refractivity contribution is 5.86. The van der Waals surface area contributed by atoms with Crippen LogP contribution in [0.1, 0.15) is 70.4 Å². The fourth-order valence-electron chi connectivity index (χ4n) is 5.11. The number of hydrogen-bond donors (Lipinski definition) is 1. The summed E-state index contributed by atoms with van der Waals surface area (Å²) in [6, 6.07) is 10.9. The number of nitrogens with zero attached hydrogens (tertiary/aromatic N) is 2. The molecule has 3 aromatic rings. The first-order valence-electron chi connectivity index (χ1n) is 14.1. The van der Waals surface area contributed by atoms with Crippen molar-refractivity contribution >= 4 is 11.7 Å². The predicted octanol–water partition coefficient (Wildman–Crippen LogP) is 7.52. The van der Waals surface area contributed by atoms with Gasteiger partial charge in [0.25, 0.3) is 0 Å². The molecular weight excluding hydrogens is 526 g/mol. The van der Waals surface area contributed by atoms with E-state index in [2.05, 4.69) is 23.7 Å². The molecule has 0 spiro atoms. The molecule has 0 aliphatic carbocycles. The Labute approximate surface area is 241 Å². The second-order valence-electron chi connectivity index (χ2n) is 12.5. The van der Waals surface area contributed by atoms with Crippen molar-refractivity contribution in [3.8, 4) is 16.9 Å². The van der Waals surface area contributed by atoms with Crippen molar-refractivity contribution in [2.45, 2.75) is 72.5 Å². The van der Waals surface area contributed by atoms with Gasteiger partial charge in [0.05, 0.1) is 17.9 Å². The third kappa shape index (κ3) is 7.61. The summed E-state index contributed by atoms with van der Waals surface area (Å²) >= 11 is 0. The van der Waals surface area contributed by atoms with E-state index in [1.807, 2.05) is 20.8 Å². The highest BCUT2D eigenvalue weighted by atomic mass is 19.1. The van der Waals surface area contributed by atoms with Crippen molar-refractivity contribution in [3.05, 3.63) is 77.1 Å². The fraction of sp³-hybridized carbons (Fsp3) is 0.455. The van der Waals surface area contributed by atoms with Crippen molar-refractivity contribution in [2.75, 3.05) is 24.6 Å². The number of carbonyl (C=O) groups is 1. The van der Waals surface area contributed by atoms with Crippen LogP contribution in [0.2, 0.25) is 0 Å². The fourth-order valence-corrected chi connectivity index (χ4v) is 5.11. The molecule has 0 amide bonds. The van der Waals surface area contributed by atoms with Crippen LogP contribution in [0.25, 0.3) is 11.1 Å². The zero-order valence-corrected chi connectivity index (χ0v) is 24.8. The number of ether oxygens (including phenoxy) is 2. The summed E-state index contributed by atoms with van der Waals surface area (Å²) in [6.45, 7) is 13.4. The number of pyridine rings is 1. The molecule has 1 fully saturated rings. The standard InChI is InChI=1S/C33H40F2N2O4/c1-21-28(30(31(38)39)41-32(2,3)4)29(37-16-14-33(5,6)15-17-37)25(20-36-21)23-9-12-27(26(35)19-23)40-18-13-22-7-10-24(34)11-8-22/h7-12,19-20,30H,13-18H2,1-6H3,(H,38,39). The first-order valence-corrected chi connectivity index (χ1v) is 14.1. The molecule has 2 aromatic carbocycles. The number of hydrogen-bond acceptors (Lipinski definition) is 5. The van der Waals surface area contributed by atoms with E-state index in [1.54, 1.807) is 37.4 Å². The number of anilines is 1. The summed E-state index contributed by atoms with van der Waals surface area (Å²) in [5.74, 6) is -1.83. The number of aryl methyl sites for hydroxylation is 1. The van der Waals surface area contributed by atoms with Gasteiger partial charge in [-0.05, 0) is 81.3 Å². The number of carboxylic acid groups (broad SMARTS) is 1. The van der Waals surface area contributed by atoms with Gasteiger partial charge >= 0.3 is 5.97 Å². The Morgan fingerprint density at radius 2 is 1.76 bits per heavy atom. The minimum absolute atomic E-state index is 0.108. The topological polar surface area (TPSA) is 71.9 Å². The minimum Gasteiger partial charge on any atom is -0.490 e. The lowest BCUT2D eigenvalue weighted by Crippen LogP contribution is -2.39. The van der Waals surface area contributed by atoms with Crippen LogP contribution >= 0.6 is 0 Å². The number of aromatic nitrogens is 1. The molecule has 1 aromatic heterocycles. The zero-order chi connectivity index (χ0) is 29.9. The number of benzene rings is 2. The Balaban J connectivity index is 1.71. The van der Waals surface area contributed by atoms with Gasteiger partial charge in [0.2, 0.25) is 0 Å². The van der Waals surface area contributed by atoms with E-state index in [4.69, 9.17) is 9.47 Å². The van der Waals surface area contributed by atoms with Gasteiger partial charge in [-0.3, -0.25) is 4.98 Å². The van der Waals surface area contributed by atoms with Crippen LogP contribution in [0.3, 0.4) is 0 Å². The van der Waals surface area contributed by atoms with E-state index in [-0.39, 0.29) is 23.6 Å². The maximum atomic E-state index is 15.4. The highest BCUT2D eigenvalue weighted by Crippen LogP contribution is 2.44. The Morgan fingerprint density at radius 1 is 1.10 bits per heavy atom. The summed E-state index contributed by atoms with van der Waals surface area (Å²) in [5, 5.41) is 10.3. The van der Waals surface area contributed by atoms with Crippen LogP contribution < -0.4 is 9.64 Å². The van der Waals surface area contributed by atoms with E-state index in [0.29, 0.717) is 34.5 Å². The number of aliphatic carboxylic acids is 1. The molecule has 1 aliphatic heterocycles. The molecule has 4 rings (SSSR count). The highest BCUT2D eigenvalue weighted by Gasteiger charge is 2.35. The molecular formula is C33H40F2N2O4. The normalized spacial score (nSPS) is 16.0. The second kappa shape index (κ2) is 12.1. The quantitative estimate of drug-likeness (QED) is 0.289. The van der Waals surface area contributed by atoms with E-state index >= 15 is 4.39 Å². The summed E-state index contributed by atoms with van der Waals surface area (Å²) in [4.78, 5) is 19.3. The van der Waals surface area contributed by atoms with Crippen LogP contribution in [0.4, 0.5) is 14.5 Å². The van der Waals surface area contributed by atoms with Crippen LogP contribution in [0, 0.1) is 24.0 Å². The maximum absolute atomic E-state index is 15.4. The smallest absolute Gasteiger partial charge is 0.337 e. The largest absolute Gasteiger partial charge is 0.490 e. The van der Waals surface area contributed by atoms with Crippen molar-refractivity contribution in [1.82, 2.24) is 4.98 Å². The number of halogens is 2. The third-order valence-electron chi connectivity index (χ3n) is 7.48. The molecule has 1 aliphatic rings. The predicted molar refractivity (Wildman–Crippen MR) is 156 cm³/mol. The van der Waals surface area contributed by atoms with Gasteiger partial charge in [-0.2, -0.15) is 0 Å². The van der Waals surface area contributed by atoms with E-state index in [1.165, 1.54) is 18.2 Å². The van der Waals surface area contributed by atoms with Crippen molar-refractivity contribution < 1.29 is 28.2 Å². The summed E-state index contributed by atoms with van der Waals surface area (Å²) < 4.78 is 40.3. The van der Waals surface area contributed by atoms with Gasteiger partial charge in [0.15, 0.2) is 17.7 Å². The Hall–Kier alpha value is -3.52. The van der Waals surface area contributed by atoms with Crippen LogP contribution in [0.5, 0.6) is 5.75 Å². The average molecular weight is 567 g/mol. The molecule has 41 heavy (non-hydrogen) atoms. The Morgan fingerprint density at radius 3 is 2.34 bits per heavy atom. The first-order chi connectivity index (χ1) is 19.2. The lowest BCUT2D eigenvalue weighted by molar-refractivity contribution is -0.160. The molecule has 1 unspecified atom stereocenters. The first kappa shape index (κ1) is 30.4. The molecule has 0 bridgehead atoms.